The number of pyridine rings is 1. The number of ether oxygens (including phenoxy) is 2. The maximum atomic E-state index is 14.4. The molecule has 0 saturated heterocycles. The molecule has 0 radical (unpaired) electrons. The Morgan fingerprint density at radius 1 is 0.953 bits per heavy atom. The molecule has 218 valence electrons. The van der Waals surface area contributed by atoms with Crippen molar-refractivity contribution in [1.82, 2.24) is 9.99 Å². The lowest BCUT2D eigenvalue weighted by Crippen LogP contribution is -2.41. The zero-order chi connectivity index (χ0) is 30.0. The number of hydrogen-bond donors (Lipinski definition) is 0. The van der Waals surface area contributed by atoms with Crippen LogP contribution in [0.2, 0.25) is 0 Å². The van der Waals surface area contributed by atoms with Gasteiger partial charge in [0.2, 0.25) is 0 Å². The fourth-order valence-electron chi connectivity index (χ4n) is 5.11. The molecule has 1 aliphatic rings. The van der Waals surface area contributed by atoms with Gasteiger partial charge in [-0.3, -0.25) is 14.1 Å². The van der Waals surface area contributed by atoms with Gasteiger partial charge < -0.3 is 9.47 Å². The summed E-state index contributed by atoms with van der Waals surface area (Å²) in [5.41, 5.74) is 1.96. The number of aromatic nitrogens is 1. The number of amides is 1. The lowest BCUT2D eigenvalue weighted by Gasteiger charge is -2.28. The molecule has 0 saturated carbocycles. The van der Waals surface area contributed by atoms with Gasteiger partial charge in [-0.25, -0.2) is 13.4 Å². The lowest BCUT2D eigenvalue weighted by atomic mass is 10.0. The summed E-state index contributed by atoms with van der Waals surface area (Å²) in [5, 5.41) is 9.30. The molecule has 6 rings (SSSR count). The van der Waals surface area contributed by atoms with E-state index in [9.17, 15) is 13.2 Å². The smallest absolute Gasteiger partial charge is 0.265 e. The van der Waals surface area contributed by atoms with E-state index < -0.39 is 28.5 Å². The Labute approximate surface area is 253 Å². The Hall–Kier alpha value is -4.74. The van der Waals surface area contributed by atoms with Gasteiger partial charge in [0, 0.05) is 29.6 Å². The van der Waals surface area contributed by atoms with Gasteiger partial charge >= 0.3 is 0 Å². The van der Waals surface area contributed by atoms with Crippen LogP contribution < -0.4 is 13.8 Å². The molecule has 2 aromatic heterocycles. The van der Waals surface area contributed by atoms with Crippen molar-refractivity contribution in [1.29, 1.82) is 0 Å². The number of anilines is 1. The van der Waals surface area contributed by atoms with Gasteiger partial charge in [0.1, 0.15) is 18.0 Å². The maximum Gasteiger partial charge on any atom is 0.265 e. The Balaban J connectivity index is 1.41. The van der Waals surface area contributed by atoms with Crippen molar-refractivity contribution < 1.29 is 22.7 Å². The number of hydrazone groups is 1. The highest BCUT2D eigenvalue weighted by molar-refractivity contribution is 7.93. The third-order valence-corrected chi connectivity index (χ3v) is 10.1. The first-order valence-corrected chi connectivity index (χ1v) is 15.8. The summed E-state index contributed by atoms with van der Waals surface area (Å²) in [6, 6.07) is 24.2. The predicted octanol–water partition coefficient (Wildman–Crippen LogP) is 5.89. The molecule has 1 aliphatic heterocycles. The SMILES string of the molecule is COc1ccc(C2CC(c3cccs3)=NN2C(=O)CN(c2ccc(OC)cc2)S(=O)(=O)c2cccc3cnccc23)cc1. The van der Waals surface area contributed by atoms with Crippen LogP contribution in [0.1, 0.15) is 22.9 Å². The monoisotopic (exact) mass is 612 g/mol. The van der Waals surface area contributed by atoms with Gasteiger partial charge in [-0.1, -0.05) is 30.3 Å². The normalized spacial score (nSPS) is 14.9. The van der Waals surface area contributed by atoms with Crippen molar-refractivity contribution in [3.05, 3.63) is 113 Å². The highest BCUT2D eigenvalue weighted by Crippen LogP contribution is 2.36. The van der Waals surface area contributed by atoms with Gasteiger partial charge in [-0.05, 0) is 65.5 Å². The Bertz CT molecular complexity index is 1890. The number of carbonyl (C=O) groups is 1. The fraction of sp³-hybridized carbons (Fsp3) is 0.156. The van der Waals surface area contributed by atoms with Crippen molar-refractivity contribution >= 4 is 49.4 Å². The zero-order valence-corrected chi connectivity index (χ0v) is 25.1. The molecule has 1 unspecified atom stereocenters. The van der Waals surface area contributed by atoms with Crippen molar-refractivity contribution in [3.8, 4) is 11.5 Å². The van der Waals surface area contributed by atoms with E-state index in [0.29, 0.717) is 34.4 Å². The number of thiophene rings is 1. The van der Waals surface area contributed by atoms with Crippen LogP contribution in [0, 0.1) is 0 Å². The number of methoxy groups -OCH3 is 2. The molecule has 0 bridgehead atoms. The summed E-state index contributed by atoms with van der Waals surface area (Å²) in [6.07, 6.45) is 3.65. The van der Waals surface area contributed by atoms with Crippen LogP contribution in [0.15, 0.2) is 113 Å². The van der Waals surface area contributed by atoms with Crippen LogP contribution in [-0.2, 0) is 14.8 Å². The minimum atomic E-state index is -4.22. The van der Waals surface area contributed by atoms with E-state index in [0.717, 1.165) is 20.5 Å². The van der Waals surface area contributed by atoms with E-state index in [1.54, 1.807) is 79.4 Å². The van der Waals surface area contributed by atoms with Crippen LogP contribution in [-0.4, -0.2) is 50.8 Å². The third kappa shape index (κ3) is 5.56. The molecule has 11 heteroatoms. The summed E-state index contributed by atoms with van der Waals surface area (Å²) in [5.74, 6) is 0.794. The molecule has 0 fully saturated rings. The molecule has 5 aromatic rings. The summed E-state index contributed by atoms with van der Waals surface area (Å²) in [4.78, 5) is 19.3. The van der Waals surface area contributed by atoms with E-state index in [1.807, 2.05) is 41.8 Å². The van der Waals surface area contributed by atoms with Crippen LogP contribution >= 0.6 is 11.3 Å². The summed E-state index contributed by atoms with van der Waals surface area (Å²) in [6.45, 7) is -0.468. The Kier molecular flexibility index (Phi) is 7.83. The number of hydrogen-bond acceptors (Lipinski definition) is 8. The molecule has 0 N–H and O–H groups in total. The number of carbonyl (C=O) groups excluding carboxylic acids is 1. The van der Waals surface area contributed by atoms with E-state index in [4.69, 9.17) is 14.6 Å². The van der Waals surface area contributed by atoms with E-state index >= 15 is 0 Å². The minimum absolute atomic E-state index is 0.0759. The van der Waals surface area contributed by atoms with Crippen LogP contribution in [0.4, 0.5) is 5.69 Å². The van der Waals surface area contributed by atoms with Gasteiger partial charge in [-0.15, -0.1) is 11.3 Å². The van der Waals surface area contributed by atoms with E-state index in [-0.39, 0.29) is 4.90 Å². The van der Waals surface area contributed by atoms with Crippen molar-refractivity contribution in [3.63, 3.8) is 0 Å². The molecular weight excluding hydrogens is 585 g/mol. The lowest BCUT2D eigenvalue weighted by molar-refractivity contribution is -0.131. The van der Waals surface area contributed by atoms with Gasteiger partial charge in [0.25, 0.3) is 15.9 Å². The standard InChI is InChI=1S/C32H28N4O5S2/c1-40-25-12-8-22(9-13-25)29-19-28(30-6-4-18-42-30)34-36(29)32(37)21-35(24-10-14-26(41-2)15-11-24)43(38,39)31-7-3-5-23-20-33-17-16-27(23)31/h3-18,20,29H,19,21H2,1-2H3. The average Bonchev–Trinajstić information content (AvgIpc) is 3.74. The first-order chi connectivity index (χ1) is 20.9. The number of benzene rings is 3. The van der Waals surface area contributed by atoms with Crippen molar-refractivity contribution in [2.24, 2.45) is 5.10 Å². The molecule has 1 atom stereocenters. The highest BCUT2D eigenvalue weighted by Gasteiger charge is 2.37. The number of rotatable bonds is 9. The molecule has 9 nitrogen and oxygen atoms in total. The zero-order valence-electron chi connectivity index (χ0n) is 23.5. The molecule has 0 aliphatic carbocycles. The quantitative estimate of drug-likeness (QED) is 0.206. The summed E-state index contributed by atoms with van der Waals surface area (Å²) < 4.78 is 40.5. The van der Waals surface area contributed by atoms with E-state index in [2.05, 4.69) is 4.98 Å². The number of nitrogens with zero attached hydrogens (tertiary/aromatic N) is 4. The molecule has 1 amide bonds. The molecule has 3 heterocycles. The Morgan fingerprint density at radius 2 is 1.67 bits per heavy atom. The van der Waals surface area contributed by atoms with Crippen LogP contribution in [0.3, 0.4) is 0 Å². The van der Waals surface area contributed by atoms with Crippen molar-refractivity contribution in [2.75, 3.05) is 25.1 Å². The van der Waals surface area contributed by atoms with Gasteiger partial charge in [0.15, 0.2) is 0 Å². The topological polar surface area (TPSA) is 101 Å². The molecule has 0 spiro atoms. The Morgan fingerprint density at radius 3 is 2.35 bits per heavy atom. The third-order valence-electron chi connectivity index (χ3n) is 7.32. The highest BCUT2D eigenvalue weighted by atomic mass is 32.2. The second-order valence-electron chi connectivity index (χ2n) is 9.82. The predicted molar refractivity (Wildman–Crippen MR) is 167 cm³/mol. The average molecular weight is 613 g/mol. The summed E-state index contributed by atoms with van der Waals surface area (Å²) in [7, 11) is -1.09. The molecule has 3 aromatic carbocycles. The second kappa shape index (κ2) is 11.9. The number of sulfonamides is 1. The fourth-order valence-corrected chi connectivity index (χ4v) is 7.47. The molecular formula is C32H28N4O5S2. The van der Waals surface area contributed by atoms with Gasteiger partial charge in [-0.2, -0.15) is 5.10 Å². The second-order valence-corrected chi connectivity index (χ2v) is 12.6. The number of fused-ring (bicyclic) bond motifs is 1. The van der Waals surface area contributed by atoms with Crippen LogP contribution in [0.25, 0.3) is 10.8 Å². The van der Waals surface area contributed by atoms with Crippen molar-refractivity contribution in [2.45, 2.75) is 17.4 Å². The first-order valence-electron chi connectivity index (χ1n) is 13.5. The van der Waals surface area contributed by atoms with Crippen LogP contribution in [0.5, 0.6) is 11.5 Å². The largest absolute Gasteiger partial charge is 0.497 e. The summed E-state index contributed by atoms with van der Waals surface area (Å²) >= 11 is 1.54. The van der Waals surface area contributed by atoms with E-state index in [1.165, 1.54) is 12.1 Å². The first kappa shape index (κ1) is 28.4. The maximum absolute atomic E-state index is 14.4. The molecule has 43 heavy (non-hydrogen) atoms. The van der Waals surface area contributed by atoms with Gasteiger partial charge in [0.05, 0.1) is 41.4 Å². The minimum Gasteiger partial charge on any atom is -0.497 e.